The molecule has 1 saturated heterocycles. The summed E-state index contributed by atoms with van der Waals surface area (Å²) in [5.41, 5.74) is -0.243. The highest BCUT2D eigenvalue weighted by atomic mass is 35.7. The molecule has 1 rings (SSSR count). The van der Waals surface area contributed by atoms with Crippen LogP contribution in [-0.4, -0.2) is 13.7 Å². The second-order valence-corrected chi connectivity index (χ2v) is 16.2. The lowest BCUT2D eigenvalue weighted by molar-refractivity contribution is 0.764. The highest BCUT2D eigenvalue weighted by molar-refractivity contribution is 7.47. The number of rotatable bonds is 1. The summed E-state index contributed by atoms with van der Waals surface area (Å²) in [5.74, 6) is 0. The lowest BCUT2D eigenvalue weighted by Gasteiger charge is -2.14. The van der Waals surface area contributed by atoms with Crippen molar-refractivity contribution in [2.75, 3.05) is 0 Å². The van der Waals surface area contributed by atoms with Crippen LogP contribution < -0.4 is 0 Å². The third kappa shape index (κ3) is 3.05. The Morgan fingerprint density at radius 2 is 1.91 bits per heavy atom. The van der Waals surface area contributed by atoms with Crippen LogP contribution in [0.2, 0.25) is 17.6 Å². The zero-order chi connectivity index (χ0) is 8.70. The predicted octanol–water partition coefficient (Wildman–Crippen LogP) is 4.07. The zero-order valence-electron chi connectivity index (χ0n) is 5.59. The Kier molecular flexibility index (Phi) is 3.23. The Bertz CT molecular complexity index is 157. The molecule has 0 amide bonds. The molecule has 0 aromatic carbocycles. The third-order valence-corrected chi connectivity index (χ3v) is 9.72. The van der Waals surface area contributed by atoms with Gasteiger partial charge < -0.3 is 0 Å². The predicted molar refractivity (Wildman–Crippen MR) is 54.0 cm³/mol. The molecule has 1 aliphatic heterocycles. The summed E-state index contributed by atoms with van der Waals surface area (Å²) in [4.78, 5) is 0. The van der Waals surface area contributed by atoms with E-state index >= 15 is 0 Å². The van der Waals surface area contributed by atoms with Crippen LogP contribution in [0.5, 0.6) is 0 Å². The van der Waals surface area contributed by atoms with E-state index < -0.39 is 13.7 Å². The Morgan fingerprint density at radius 1 is 1.36 bits per heavy atom. The minimum absolute atomic E-state index is 0.243. The molecule has 11 heavy (non-hydrogen) atoms. The van der Waals surface area contributed by atoms with Crippen LogP contribution in [0.15, 0.2) is 0 Å². The molecule has 7 heteroatoms. The lowest BCUT2D eigenvalue weighted by atomic mass is 10.4. The average molecular weight is 272 g/mol. The molecule has 66 valence electrons. The van der Waals surface area contributed by atoms with Crippen LogP contribution in [0.1, 0.15) is 6.42 Å². The highest BCUT2D eigenvalue weighted by Crippen LogP contribution is 2.51. The van der Waals surface area contributed by atoms with Gasteiger partial charge in [-0.1, -0.05) is 0 Å². The number of hydrogen-bond donors (Lipinski definition) is 0. The van der Waals surface area contributed by atoms with E-state index in [0.29, 0.717) is 12.5 Å². The van der Waals surface area contributed by atoms with Gasteiger partial charge in [-0.05, 0) is 18.5 Å². The average Bonchev–Trinajstić information content (AvgIpc) is 2.07. The SMILES string of the molecule is F[Si](Cl)(Cl)C1CC[Si](Cl)(Cl)C1. The molecule has 0 spiro atoms. The van der Waals surface area contributed by atoms with Gasteiger partial charge in [-0.3, -0.25) is 4.11 Å². The molecule has 1 fully saturated rings. The van der Waals surface area contributed by atoms with Gasteiger partial charge in [0.05, 0.1) is 0 Å². The van der Waals surface area contributed by atoms with Gasteiger partial charge in [0.2, 0.25) is 0 Å². The fourth-order valence-electron chi connectivity index (χ4n) is 1.23. The number of hydrogen-bond acceptors (Lipinski definition) is 0. The van der Waals surface area contributed by atoms with E-state index in [0.717, 1.165) is 6.04 Å². The first kappa shape index (κ1) is 10.6. The molecular formula is C4H7Cl4FSi2. The van der Waals surface area contributed by atoms with Crippen LogP contribution in [0, 0.1) is 0 Å². The molecule has 1 heterocycles. The first-order valence-electron chi connectivity index (χ1n) is 3.26. The molecule has 0 bridgehead atoms. The fraction of sp³-hybridized carbons (Fsp3) is 1.00. The zero-order valence-corrected chi connectivity index (χ0v) is 10.6. The summed E-state index contributed by atoms with van der Waals surface area (Å²) in [5, 5.41) is 0. The van der Waals surface area contributed by atoms with Crippen molar-refractivity contribution < 1.29 is 4.11 Å². The molecule has 0 aromatic rings. The van der Waals surface area contributed by atoms with Crippen LogP contribution in [-0.2, 0) is 0 Å². The van der Waals surface area contributed by atoms with Gasteiger partial charge in [-0.2, -0.15) is 0 Å². The molecule has 0 saturated carbocycles. The lowest BCUT2D eigenvalue weighted by Crippen LogP contribution is -2.21. The summed E-state index contributed by atoms with van der Waals surface area (Å²) in [7, 11) is -3.50. The summed E-state index contributed by atoms with van der Waals surface area (Å²) >= 11 is 22.6. The van der Waals surface area contributed by atoms with Gasteiger partial charge in [0, 0.05) is 5.54 Å². The van der Waals surface area contributed by atoms with E-state index in [1.807, 2.05) is 0 Å². The molecule has 1 atom stereocenters. The van der Waals surface area contributed by atoms with Crippen molar-refractivity contribution in [2.24, 2.45) is 0 Å². The van der Waals surface area contributed by atoms with E-state index in [9.17, 15) is 4.11 Å². The standard InChI is InChI=1S/C4H7Cl4FSi2/c5-10(6)2-1-4(3-10)11(7,8)9/h4H,1-3H2. The van der Waals surface area contributed by atoms with Gasteiger partial charge in [0.1, 0.15) is 0 Å². The minimum atomic E-state index is -3.50. The monoisotopic (exact) mass is 270 g/mol. The Hall–Kier alpha value is 1.52. The molecule has 1 aliphatic rings. The van der Waals surface area contributed by atoms with E-state index in [1.165, 1.54) is 0 Å². The second kappa shape index (κ2) is 3.35. The van der Waals surface area contributed by atoms with Crippen LogP contribution in [0.25, 0.3) is 0 Å². The molecule has 0 N–H and O–H groups in total. The minimum Gasteiger partial charge on any atom is -0.272 e. The van der Waals surface area contributed by atoms with Crippen molar-refractivity contribution in [3.05, 3.63) is 0 Å². The summed E-state index contributed by atoms with van der Waals surface area (Å²) < 4.78 is 13.0. The van der Waals surface area contributed by atoms with Crippen molar-refractivity contribution in [3.63, 3.8) is 0 Å². The van der Waals surface area contributed by atoms with Crippen molar-refractivity contribution >= 4 is 58.0 Å². The van der Waals surface area contributed by atoms with Crippen LogP contribution in [0.3, 0.4) is 0 Å². The second-order valence-electron chi connectivity index (χ2n) is 2.84. The molecule has 0 aliphatic carbocycles. The van der Waals surface area contributed by atoms with Crippen molar-refractivity contribution in [1.29, 1.82) is 0 Å². The van der Waals surface area contributed by atoms with Gasteiger partial charge in [0.15, 0.2) is 0 Å². The number of halogens is 5. The van der Waals surface area contributed by atoms with E-state index in [4.69, 9.17) is 44.3 Å². The first-order chi connectivity index (χ1) is 4.81. The van der Waals surface area contributed by atoms with Gasteiger partial charge >= 0.3 is 7.03 Å². The first-order valence-corrected chi connectivity index (χ1v) is 11.7. The Labute approximate surface area is 86.0 Å². The molecular weight excluding hydrogens is 265 g/mol. The maximum atomic E-state index is 13.0. The topological polar surface area (TPSA) is 0 Å². The van der Waals surface area contributed by atoms with Gasteiger partial charge in [-0.25, -0.2) is 0 Å². The van der Waals surface area contributed by atoms with Crippen molar-refractivity contribution in [3.8, 4) is 0 Å². The van der Waals surface area contributed by atoms with E-state index in [1.54, 1.807) is 0 Å². The molecule has 0 radical (unpaired) electrons. The third-order valence-electron chi connectivity index (χ3n) is 1.87. The summed E-state index contributed by atoms with van der Waals surface area (Å²) in [6, 6.07) is 1.24. The molecule has 1 unspecified atom stereocenters. The van der Waals surface area contributed by atoms with Gasteiger partial charge in [-0.15, -0.1) is 44.3 Å². The van der Waals surface area contributed by atoms with Crippen LogP contribution in [0.4, 0.5) is 4.11 Å². The maximum Gasteiger partial charge on any atom is 0.435 e. The van der Waals surface area contributed by atoms with Crippen LogP contribution >= 0.6 is 44.3 Å². The highest BCUT2D eigenvalue weighted by Gasteiger charge is 2.50. The summed E-state index contributed by atoms with van der Waals surface area (Å²) in [6.07, 6.45) is 0.662. The van der Waals surface area contributed by atoms with E-state index in [2.05, 4.69) is 0 Å². The molecule has 0 nitrogen and oxygen atoms in total. The van der Waals surface area contributed by atoms with Crippen molar-refractivity contribution in [2.45, 2.75) is 24.1 Å². The quantitative estimate of drug-likeness (QED) is 0.498. The largest absolute Gasteiger partial charge is 0.435 e. The normalized spacial score (nSPS) is 30.8. The maximum absolute atomic E-state index is 13.0. The Balaban J connectivity index is 2.55. The molecule has 0 aromatic heterocycles. The van der Waals surface area contributed by atoms with E-state index in [-0.39, 0.29) is 5.54 Å². The van der Waals surface area contributed by atoms with Gasteiger partial charge in [0.25, 0.3) is 6.69 Å². The van der Waals surface area contributed by atoms with Crippen molar-refractivity contribution in [1.82, 2.24) is 0 Å². The summed E-state index contributed by atoms with van der Waals surface area (Å²) in [6.45, 7) is -2.14. The fourth-order valence-corrected chi connectivity index (χ4v) is 10.5. The Morgan fingerprint density at radius 3 is 2.09 bits per heavy atom. The smallest absolute Gasteiger partial charge is 0.272 e.